The van der Waals surface area contributed by atoms with Crippen LogP contribution in [0.5, 0.6) is 0 Å². The molecule has 162 valence electrons. The predicted octanol–water partition coefficient (Wildman–Crippen LogP) is 1.92. The molecule has 2 aliphatic rings. The SMILES string of the molecule is CCOC(=O)N[C@H]1CS(=O)(=O)C[C@H]1NS(=O)(=O)c1ccc(C2CCCCC2)cc1. The molecule has 2 N–H and O–H groups in total. The molecule has 0 spiro atoms. The van der Waals surface area contributed by atoms with Crippen molar-refractivity contribution in [2.45, 2.75) is 61.9 Å². The molecule has 8 nitrogen and oxygen atoms in total. The Morgan fingerprint density at radius 3 is 2.31 bits per heavy atom. The van der Waals surface area contributed by atoms with Crippen molar-refractivity contribution in [3.63, 3.8) is 0 Å². The van der Waals surface area contributed by atoms with Gasteiger partial charge in [0, 0.05) is 0 Å². The van der Waals surface area contributed by atoms with Crippen LogP contribution in [0.1, 0.15) is 50.5 Å². The van der Waals surface area contributed by atoms with E-state index >= 15 is 0 Å². The van der Waals surface area contributed by atoms with Crippen molar-refractivity contribution >= 4 is 26.0 Å². The van der Waals surface area contributed by atoms with Gasteiger partial charge in [0.25, 0.3) is 0 Å². The number of benzene rings is 1. The molecule has 1 aromatic carbocycles. The highest BCUT2D eigenvalue weighted by Gasteiger charge is 2.41. The number of sulfone groups is 1. The first-order valence-electron chi connectivity index (χ1n) is 9.96. The number of amides is 1. The fourth-order valence-corrected chi connectivity index (χ4v) is 7.30. The highest BCUT2D eigenvalue weighted by atomic mass is 32.2. The number of sulfonamides is 1. The Labute approximate surface area is 172 Å². The molecule has 0 unspecified atom stereocenters. The number of carbonyl (C=O) groups excluding carboxylic acids is 1. The number of ether oxygens (including phenoxy) is 1. The minimum Gasteiger partial charge on any atom is -0.450 e. The van der Waals surface area contributed by atoms with Crippen molar-refractivity contribution in [1.29, 1.82) is 0 Å². The third-order valence-corrected chi connectivity index (χ3v) is 8.74. The molecular weight excluding hydrogens is 416 g/mol. The van der Waals surface area contributed by atoms with E-state index < -0.39 is 38.0 Å². The van der Waals surface area contributed by atoms with Crippen LogP contribution in [0.3, 0.4) is 0 Å². The summed E-state index contributed by atoms with van der Waals surface area (Å²) in [5, 5.41) is 2.44. The summed E-state index contributed by atoms with van der Waals surface area (Å²) in [5.74, 6) is -0.241. The van der Waals surface area contributed by atoms with Gasteiger partial charge in [-0.25, -0.2) is 26.4 Å². The maximum atomic E-state index is 12.8. The van der Waals surface area contributed by atoms with Crippen LogP contribution in [0, 0.1) is 0 Å². The summed E-state index contributed by atoms with van der Waals surface area (Å²) in [6, 6.07) is 4.96. The van der Waals surface area contributed by atoms with Gasteiger partial charge in [0.05, 0.1) is 35.1 Å². The molecule has 3 rings (SSSR count). The van der Waals surface area contributed by atoms with Crippen LogP contribution in [0.25, 0.3) is 0 Å². The van der Waals surface area contributed by atoms with E-state index in [1.54, 1.807) is 19.1 Å². The standard InChI is InChI=1S/C19H28N2O6S2/c1-2-27-19(22)20-17-12-28(23,24)13-18(17)21-29(25,26)16-10-8-15(9-11-16)14-6-4-3-5-7-14/h8-11,14,17-18,21H,2-7,12-13H2,1H3,(H,20,22)/t17-,18+/m0/s1. The minimum atomic E-state index is -3.93. The van der Waals surface area contributed by atoms with Crippen molar-refractivity contribution in [3.8, 4) is 0 Å². The Morgan fingerprint density at radius 2 is 1.69 bits per heavy atom. The number of nitrogens with one attached hydrogen (secondary N) is 2. The Balaban J connectivity index is 1.72. The number of carbonyl (C=O) groups is 1. The van der Waals surface area contributed by atoms with Gasteiger partial charge in [-0.2, -0.15) is 0 Å². The largest absolute Gasteiger partial charge is 0.450 e. The summed E-state index contributed by atoms with van der Waals surface area (Å²) in [5.41, 5.74) is 1.13. The lowest BCUT2D eigenvalue weighted by atomic mass is 9.84. The lowest BCUT2D eigenvalue weighted by molar-refractivity contribution is 0.148. The topological polar surface area (TPSA) is 119 Å². The van der Waals surface area contributed by atoms with Crippen LogP contribution in [-0.4, -0.2) is 53.1 Å². The Hall–Kier alpha value is -1.65. The van der Waals surface area contributed by atoms with Gasteiger partial charge in [-0.15, -0.1) is 0 Å². The smallest absolute Gasteiger partial charge is 0.407 e. The van der Waals surface area contributed by atoms with Crippen LogP contribution in [0.4, 0.5) is 4.79 Å². The van der Waals surface area contributed by atoms with Crippen molar-refractivity contribution in [1.82, 2.24) is 10.0 Å². The van der Waals surface area contributed by atoms with E-state index in [2.05, 4.69) is 10.0 Å². The first kappa shape index (κ1) is 22.0. The molecule has 10 heteroatoms. The number of hydrogen-bond acceptors (Lipinski definition) is 6. The van der Waals surface area contributed by atoms with E-state index in [-0.39, 0.29) is 23.0 Å². The minimum absolute atomic E-state index is 0.0799. The van der Waals surface area contributed by atoms with Crippen molar-refractivity contribution in [3.05, 3.63) is 29.8 Å². The maximum Gasteiger partial charge on any atom is 0.407 e. The molecule has 2 fully saturated rings. The van der Waals surface area contributed by atoms with Crippen LogP contribution < -0.4 is 10.0 Å². The van der Waals surface area contributed by atoms with Gasteiger partial charge >= 0.3 is 6.09 Å². The Kier molecular flexibility index (Phi) is 6.85. The average molecular weight is 445 g/mol. The van der Waals surface area contributed by atoms with E-state index in [0.717, 1.165) is 18.4 Å². The molecular formula is C19H28N2O6S2. The van der Waals surface area contributed by atoms with Gasteiger partial charge in [0.2, 0.25) is 10.0 Å². The molecule has 0 aromatic heterocycles. The molecule has 1 heterocycles. The number of rotatable bonds is 6. The average Bonchev–Trinajstić information content (AvgIpc) is 2.95. The molecule has 0 bridgehead atoms. The molecule has 1 aliphatic heterocycles. The summed E-state index contributed by atoms with van der Waals surface area (Å²) in [4.78, 5) is 11.8. The quantitative estimate of drug-likeness (QED) is 0.692. The maximum absolute atomic E-state index is 12.8. The molecule has 1 amide bonds. The normalized spacial score (nSPS) is 24.9. The third kappa shape index (κ3) is 5.70. The second-order valence-corrected chi connectivity index (χ2v) is 11.5. The summed E-state index contributed by atoms with van der Waals surface area (Å²) >= 11 is 0. The Bertz CT molecular complexity index is 922. The van der Waals surface area contributed by atoms with E-state index in [4.69, 9.17) is 4.74 Å². The van der Waals surface area contributed by atoms with E-state index in [1.807, 2.05) is 12.1 Å². The summed E-state index contributed by atoms with van der Waals surface area (Å²) in [7, 11) is -7.41. The van der Waals surface area contributed by atoms with Crippen LogP contribution >= 0.6 is 0 Å². The first-order chi connectivity index (χ1) is 13.7. The Morgan fingerprint density at radius 1 is 1.07 bits per heavy atom. The first-order valence-corrected chi connectivity index (χ1v) is 13.3. The van der Waals surface area contributed by atoms with Crippen molar-refractivity contribution in [2.75, 3.05) is 18.1 Å². The van der Waals surface area contributed by atoms with Gasteiger partial charge in [0.15, 0.2) is 9.84 Å². The molecule has 1 saturated carbocycles. The fraction of sp³-hybridized carbons (Fsp3) is 0.632. The van der Waals surface area contributed by atoms with E-state index in [0.29, 0.717) is 5.92 Å². The summed E-state index contributed by atoms with van der Waals surface area (Å²) in [6.45, 7) is 1.76. The molecule has 29 heavy (non-hydrogen) atoms. The van der Waals surface area contributed by atoms with Crippen molar-refractivity contribution < 1.29 is 26.4 Å². The lowest BCUT2D eigenvalue weighted by Crippen LogP contribution is -2.50. The number of alkyl carbamates (subject to hydrolysis) is 1. The molecule has 1 aromatic rings. The zero-order valence-corrected chi connectivity index (χ0v) is 18.1. The van der Waals surface area contributed by atoms with Gasteiger partial charge in [-0.1, -0.05) is 31.4 Å². The molecule has 0 radical (unpaired) electrons. The van der Waals surface area contributed by atoms with E-state index in [9.17, 15) is 21.6 Å². The van der Waals surface area contributed by atoms with Gasteiger partial charge in [-0.05, 0) is 43.4 Å². The predicted molar refractivity (Wildman–Crippen MR) is 109 cm³/mol. The lowest BCUT2D eigenvalue weighted by Gasteiger charge is -2.22. The van der Waals surface area contributed by atoms with Crippen molar-refractivity contribution in [2.24, 2.45) is 0 Å². The zero-order valence-electron chi connectivity index (χ0n) is 16.5. The van der Waals surface area contributed by atoms with Gasteiger partial charge in [-0.3, -0.25) is 0 Å². The zero-order chi connectivity index (χ0) is 21.1. The molecule has 2 atom stereocenters. The van der Waals surface area contributed by atoms with Crippen LogP contribution in [0.2, 0.25) is 0 Å². The molecule has 1 saturated heterocycles. The highest BCUT2D eigenvalue weighted by molar-refractivity contribution is 7.92. The van der Waals surface area contributed by atoms with Gasteiger partial charge < -0.3 is 10.1 Å². The fourth-order valence-electron chi connectivity index (χ4n) is 4.05. The summed E-state index contributed by atoms with van der Waals surface area (Å²) < 4.78 is 56.8. The van der Waals surface area contributed by atoms with E-state index in [1.165, 1.54) is 19.3 Å². The molecule has 1 aliphatic carbocycles. The highest BCUT2D eigenvalue weighted by Crippen LogP contribution is 2.33. The second kappa shape index (κ2) is 9.01. The second-order valence-electron chi connectivity index (χ2n) is 7.68. The van der Waals surface area contributed by atoms with Gasteiger partial charge in [0.1, 0.15) is 0 Å². The monoisotopic (exact) mass is 444 g/mol. The van der Waals surface area contributed by atoms with Crippen LogP contribution in [0.15, 0.2) is 29.2 Å². The third-order valence-electron chi connectivity index (χ3n) is 5.50. The van der Waals surface area contributed by atoms with Crippen LogP contribution in [-0.2, 0) is 24.6 Å². The number of hydrogen-bond donors (Lipinski definition) is 2. The summed E-state index contributed by atoms with van der Waals surface area (Å²) in [6.07, 6.45) is 5.10.